The molecule has 9 nitrogen and oxygen atoms in total. The van der Waals surface area contributed by atoms with Gasteiger partial charge in [-0.05, 0) is 35.9 Å². The van der Waals surface area contributed by atoms with E-state index >= 15 is 0 Å². The van der Waals surface area contributed by atoms with Crippen LogP contribution in [0.5, 0.6) is 17.4 Å². The van der Waals surface area contributed by atoms with E-state index in [9.17, 15) is 13.2 Å². The molecule has 1 aromatic carbocycles. The first-order valence-corrected chi connectivity index (χ1v) is 9.38. The smallest absolute Gasteiger partial charge is 0.330 e. The van der Waals surface area contributed by atoms with Gasteiger partial charge in [0.2, 0.25) is 5.88 Å². The van der Waals surface area contributed by atoms with Crippen molar-refractivity contribution in [3.8, 4) is 17.4 Å². The number of nitrogens with zero attached hydrogens (tertiary/aromatic N) is 1. The number of aromatic nitrogens is 1. The lowest BCUT2D eigenvalue weighted by Crippen LogP contribution is -2.15. The highest BCUT2D eigenvalue weighted by Crippen LogP contribution is 2.37. The van der Waals surface area contributed by atoms with Gasteiger partial charge >= 0.3 is 5.97 Å². The van der Waals surface area contributed by atoms with Crippen molar-refractivity contribution in [3.05, 3.63) is 42.1 Å². The summed E-state index contributed by atoms with van der Waals surface area (Å²) >= 11 is 0. The number of benzene rings is 1. The third-order valence-corrected chi connectivity index (χ3v) is 4.95. The van der Waals surface area contributed by atoms with Crippen LogP contribution in [0, 0.1) is 0 Å². The van der Waals surface area contributed by atoms with Crippen LogP contribution in [0.15, 0.2) is 41.4 Å². The fourth-order valence-corrected chi connectivity index (χ4v) is 3.58. The van der Waals surface area contributed by atoms with Crippen LogP contribution in [0.2, 0.25) is 0 Å². The number of carbonyl (C=O) groups is 1. The number of carbonyl (C=O) groups excluding carboxylic acids is 1. The van der Waals surface area contributed by atoms with Gasteiger partial charge in [-0.15, -0.1) is 0 Å². The second kappa shape index (κ2) is 9.09. The minimum Gasteiger partial charge on any atom is -0.493 e. The highest BCUT2D eigenvalue weighted by Gasteiger charge is 2.25. The molecule has 0 radical (unpaired) electrons. The third kappa shape index (κ3) is 4.71. The van der Waals surface area contributed by atoms with E-state index in [-0.39, 0.29) is 28.0 Å². The van der Waals surface area contributed by atoms with Crippen molar-refractivity contribution >= 4 is 27.8 Å². The number of nitrogens with one attached hydrogen (secondary N) is 1. The number of sulfonamides is 1. The lowest BCUT2D eigenvalue weighted by atomic mass is 10.2. The van der Waals surface area contributed by atoms with Crippen LogP contribution in [-0.2, 0) is 19.6 Å². The summed E-state index contributed by atoms with van der Waals surface area (Å²) < 4.78 is 48.5. The molecule has 0 atom stereocenters. The van der Waals surface area contributed by atoms with E-state index in [4.69, 9.17) is 14.2 Å². The second-order valence-electron chi connectivity index (χ2n) is 5.28. The summed E-state index contributed by atoms with van der Waals surface area (Å²) in [6.07, 6.45) is 4.03. The summed E-state index contributed by atoms with van der Waals surface area (Å²) in [4.78, 5) is 15.1. The predicted octanol–water partition coefficient (Wildman–Crippen LogP) is 2.09. The zero-order chi connectivity index (χ0) is 20.7. The van der Waals surface area contributed by atoms with Gasteiger partial charge in [0.05, 0.1) is 28.4 Å². The number of hydrogen-bond acceptors (Lipinski definition) is 8. The van der Waals surface area contributed by atoms with Crippen LogP contribution in [0.1, 0.15) is 5.56 Å². The monoisotopic (exact) mass is 408 g/mol. The fraction of sp³-hybridized carbons (Fsp3) is 0.222. The van der Waals surface area contributed by atoms with Crippen molar-refractivity contribution in [2.45, 2.75) is 4.90 Å². The van der Waals surface area contributed by atoms with E-state index in [1.807, 2.05) is 0 Å². The Labute approximate surface area is 162 Å². The molecular formula is C18H20N2O7S. The van der Waals surface area contributed by atoms with E-state index < -0.39 is 16.0 Å². The summed E-state index contributed by atoms with van der Waals surface area (Å²) in [5.41, 5.74) is 0.545. The van der Waals surface area contributed by atoms with Gasteiger partial charge in [-0.3, -0.25) is 4.72 Å². The molecule has 0 amide bonds. The van der Waals surface area contributed by atoms with Crippen molar-refractivity contribution in [2.24, 2.45) is 0 Å². The molecule has 1 aromatic heterocycles. The molecule has 0 aliphatic rings. The Hall–Kier alpha value is -3.27. The van der Waals surface area contributed by atoms with Crippen LogP contribution in [0.25, 0.3) is 6.08 Å². The standard InChI is InChI=1S/C18H20N2O7S/c1-24-14-10-12(7-8-16(21)25-2)11-15(17(14)26-3)28(22,23)20-13-6-5-9-19-18(13)27-4/h5-11,20H,1-4H3/b8-7+. The quantitative estimate of drug-likeness (QED) is 0.522. The van der Waals surface area contributed by atoms with Gasteiger partial charge in [0.25, 0.3) is 10.0 Å². The zero-order valence-corrected chi connectivity index (χ0v) is 16.6. The van der Waals surface area contributed by atoms with Gasteiger partial charge in [0, 0.05) is 12.3 Å². The van der Waals surface area contributed by atoms with Crippen LogP contribution in [-0.4, -0.2) is 47.8 Å². The molecule has 0 bridgehead atoms. The normalized spacial score (nSPS) is 11.1. The maximum atomic E-state index is 13.0. The Morgan fingerprint density at radius 3 is 2.46 bits per heavy atom. The lowest BCUT2D eigenvalue weighted by Gasteiger charge is -2.16. The van der Waals surface area contributed by atoms with Crippen LogP contribution < -0.4 is 18.9 Å². The largest absolute Gasteiger partial charge is 0.493 e. The molecule has 10 heteroatoms. The van der Waals surface area contributed by atoms with E-state index in [0.29, 0.717) is 5.56 Å². The van der Waals surface area contributed by atoms with Gasteiger partial charge in [-0.2, -0.15) is 0 Å². The minimum atomic E-state index is -4.11. The predicted molar refractivity (Wildman–Crippen MR) is 102 cm³/mol. The van der Waals surface area contributed by atoms with Crippen molar-refractivity contribution in [2.75, 3.05) is 33.2 Å². The summed E-state index contributed by atoms with van der Waals surface area (Å²) in [6, 6.07) is 5.94. The minimum absolute atomic E-state index is 0.00748. The number of pyridine rings is 1. The molecule has 150 valence electrons. The fourth-order valence-electron chi connectivity index (χ4n) is 2.31. The van der Waals surface area contributed by atoms with Crippen LogP contribution >= 0.6 is 0 Å². The Morgan fingerprint density at radius 1 is 1.11 bits per heavy atom. The van der Waals surface area contributed by atoms with Gasteiger partial charge in [0.1, 0.15) is 10.6 Å². The van der Waals surface area contributed by atoms with E-state index in [2.05, 4.69) is 14.4 Å². The second-order valence-corrected chi connectivity index (χ2v) is 6.93. The summed E-state index contributed by atoms with van der Waals surface area (Å²) in [7, 11) is 1.20. The number of methoxy groups -OCH3 is 4. The molecule has 2 aromatic rings. The number of ether oxygens (including phenoxy) is 4. The SMILES string of the molecule is COC(=O)/C=C/c1cc(OC)c(OC)c(S(=O)(=O)Nc2cccnc2OC)c1. The Kier molecular flexibility index (Phi) is 6.83. The van der Waals surface area contributed by atoms with Gasteiger partial charge < -0.3 is 18.9 Å². The van der Waals surface area contributed by atoms with Crippen molar-refractivity contribution in [3.63, 3.8) is 0 Å². The molecule has 0 fully saturated rings. The molecule has 0 aliphatic heterocycles. The van der Waals surface area contributed by atoms with Gasteiger partial charge in [-0.1, -0.05) is 0 Å². The average molecular weight is 408 g/mol. The molecule has 0 spiro atoms. The molecule has 0 saturated heterocycles. The van der Waals surface area contributed by atoms with E-state index in [0.717, 1.165) is 6.08 Å². The molecule has 0 saturated carbocycles. The van der Waals surface area contributed by atoms with E-state index in [1.165, 1.54) is 58.9 Å². The van der Waals surface area contributed by atoms with E-state index in [1.54, 1.807) is 6.07 Å². The Morgan fingerprint density at radius 2 is 1.86 bits per heavy atom. The maximum Gasteiger partial charge on any atom is 0.330 e. The van der Waals surface area contributed by atoms with Gasteiger partial charge in [0.15, 0.2) is 11.5 Å². The third-order valence-electron chi connectivity index (χ3n) is 3.58. The van der Waals surface area contributed by atoms with Gasteiger partial charge in [-0.25, -0.2) is 18.2 Å². The van der Waals surface area contributed by atoms with Crippen molar-refractivity contribution < 1.29 is 32.2 Å². The highest BCUT2D eigenvalue weighted by atomic mass is 32.2. The molecular weight excluding hydrogens is 388 g/mol. The molecule has 28 heavy (non-hydrogen) atoms. The average Bonchev–Trinajstić information content (AvgIpc) is 2.71. The van der Waals surface area contributed by atoms with Crippen LogP contribution in [0.4, 0.5) is 5.69 Å². The summed E-state index contributed by atoms with van der Waals surface area (Å²) in [5.74, 6) is -0.294. The lowest BCUT2D eigenvalue weighted by molar-refractivity contribution is -0.134. The number of anilines is 1. The number of rotatable bonds is 8. The van der Waals surface area contributed by atoms with Crippen molar-refractivity contribution in [1.82, 2.24) is 4.98 Å². The molecule has 0 unspecified atom stereocenters. The summed E-state index contributed by atoms with van der Waals surface area (Å²) in [6.45, 7) is 0. The van der Waals surface area contributed by atoms with Crippen molar-refractivity contribution in [1.29, 1.82) is 0 Å². The highest BCUT2D eigenvalue weighted by molar-refractivity contribution is 7.92. The molecule has 1 heterocycles. The Bertz CT molecular complexity index is 987. The molecule has 0 aliphatic carbocycles. The molecule has 1 N–H and O–H groups in total. The van der Waals surface area contributed by atoms with Crippen LogP contribution in [0.3, 0.4) is 0 Å². The maximum absolute atomic E-state index is 13.0. The number of hydrogen-bond donors (Lipinski definition) is 1. The first kappa shape index (κ1) is 21.0. The number of esters is 1. The molecule has 2 rings (SSSR count). The first-order valence-electron chi connectivity index (χ1n) is 7.90. The first-order chi connectivity index (χ1) is 13.4. The Balaban J connectivity index is 2.57. The summed E-state index contributed by atoms with van der Waals surface area (Å²) in [5, 5.41) is 0. The topological polar surface area (TPSA) is 113 Å². The zero-order valence-electron chi connectivity index (χ0n) is 15.8.